The fourth-order valence-corrected chi connectivity index (χ4v) is 2.39. The zero-order chi connectivity index (χ0) is 15.4. The molecule has 0 saturated heterocycles. The number of rotatable bonds is 6. The van der Waals surface area contributed by atoms with E-state index in [4.69, 9.17) is 18.0 Å². The van der Waals surface area contributed by atoms with Gasteiger partial charge in [0.2, 0.25) is 0 Å². The molecule has 0 aliphatic rings. The highest BCUT2D eigenvalue weighted by Gasteiger charge is 2.07. The van der Waals surface area contributed by atoms with E-state index in [-0.39, 0.29) is 0 Å². The first-order valence-electron chi connectivity index (χ1n) is 7.00. The van der Waals surface area contributed by atoms with Crippen molar-refractivity contribution in [2.45, 2.75) is 33.7 Å². The van der Waals surface area contributed by atoms with E-state index in [0.29, 0.717) is 4.99 Å². The van der Waals surface area contributed by atoms with Gasteiger partial charge in [0.05, 0.1) is 11.3 Å². The average Bonchev–Trinajstić information content (AvgIpc) is 2.73. The van der Waals surface area contributed by atoms with Crippen LogP contribution in [0.15, 0.2) is 18.2 Å². The van der Waals surface area contributed by atoms with Crippen LogP contribution in [-0.4, -0.2) is 26.3 Å². The molecule has 112 valence electrons. The van der Waals surface area contributed by atoms with Crippen LogP contribution in [-0.2, 0) is 6.54 Å². The smallest absolute Gasteiger partial charge is 0.136 e. The number of hydrogen-bond acceptors (Lipinski definition) is 4. The number of nitrogens with two attached hydrogens (primary N) is 1. The van der Waals surface area contributed by atoms with E-state index in [1.165, 1.54) is 5.69 Å². The predicted octanol–water partition coefficient (Wildman–Crippen LogP) is 2.34. The average molecular weight is 303 g/mol. The van der Waals surface area contributed by atoms with Crippen LogP contribution in [0.25, 0.3) is 0 Å². The summed E-state index contributed by atoms with van der Waals surface area (Å²) in [6.07, 6.45) is 0.953. The molecule has 0 spiro atoms. The van der Waals surface area contributed by atoms with Gasteiger partial charge in [0, 0.05) is 24.5 Å². The van der Waals surface area contributed by atoms with Crippen molar-refractivity contribution in [3.63, 3.8) is 0 Å². The summed E-state index contributed by atoms with van der Waals surface area (Å²) in [5, 5.41) is 7.76. The molecular weight excluding hydrogens is 282 g/mol. The first-order valence-corrected chi connectivity index (χ1v) is 7.40. The number of hydrogen-bond donors (Lipinski definition) is 2. The molecule has 2 rings (SSSR count). The first-order chi connectivity index (χ1) is 9.97. The third-order valence-corrected chi connectivity index (χ3v) is 3.46. The van der Waals surface area contributed by atoms with Gasteiger partial charge in [-0.25, -0.2) is 4.98 Å². The molecule has 0 aromatic carbocycles. The summed E-state index contributed by atoms with van der Waals surface area (Å²) in [7, 11) is 0. The van der Waals surface area contributed by atoms with E-state index in [2.05, 4.69) is 28.4 Å². The zero-order valence-electron chi connectivity index (χ0n) is 12.7. The van der Waals surface area contributed by atoms with Crippen molar-refractivity contribution in [2.75, 3.05) is 11.9 Å². The van der Waals surface area contributed by atoms with Gasteiger partial charge in [0.15, 0.2) is 0 Å². The Bertz CT molecular complexity index is 648. The lowest BCUT2D eigenvalue weighted by atomic mass is 10.2. The Morgan fingerprint density at radius 3 is 2.67 bits per heavy atom. The Morgan fingerprint density at radius 2 is 2.05 bits per heavy atom. The number of thiocarbonyl (C=S) groups is 1. The van der Waals surface area contributed by atoms with Gasteiger partial charge in [0.25, 0.3) is 0 Å². The van der Waals surface area contributed by atoms with Crippen LogP contribution >= 0.6 is 12.2 Å². The van der Waals surface area contributed by atoms with E-state index in [0.717, 1.165) is 42.3 Å². The summed E-state index contributed by atoms with van der Waals surface area (Å²) < 4.78 is 2.02. The molecule has 6 heteroatoms. The van der Waals surface area contributed by atoms with E-state index < -0.39 is 0 Å². The Morgan fingerprint density at radius 1 is 1.29 bits per heavy atom. The van der Waals surface area contributed by atoms with Crippen LogP contribution in [0.3, 0.4) is 0 Å². The Kier molecular flexibility index (Phi) is 4.90. The highest BCUT2D eigenvalue weighted by molar-refractivity contribution is 7.80. The fraction of sp³-hybridized carbons (Fsp3) is 0.400. The molecule has 0 saturated carbocycles. The van der Waals surface area contributed by atoms with Crippen LogP contribution in [0.1, 0.15) is 29.1 Å². The Hall–Kier alpha value is -1.95. The van der Waals surface area contributed by atoms with Crippen molar-refractivity contribution >= 4 is 23.0 Å². The van der Waals surface area contributed by atoms with Crippen LogP contribution in [0.4, 0.5) is 5.82 Å². The fourth-order valence-electron chi connectivity index (χ4n) is 2.23. The minimum Gasteiger partial charge on any atom is -0.389 e. The molecule has 0 aliphatic carbocycles. The summed E-state index contributed by atoms with van der Waals surface area (Å²) in [5.41, 5.74) is 9.69. The molecule has 21 heavy (non-hydrogen) atoms. The lowest BCUT2D eigenvalue weighted by Gasteiger charge is -2.11. The minimum absolute atomic E-state index is 0.364. The monoisotopic (exact) mass is 303 g/mol. The lowest BCUT2D eigenvalue weighted by Crippen LogP contribution is -2.16. The molecule has 2 aromatic heterocycles. The molecule has 2 heterocycles. The number of nitrogens with zero attached hydrogens (tertiary/aromatic N) is 3. The predicted molar refractivity (Wildman–Crippen MR) is 89.7 cm³/mol. The van der Waals surface area contributed by atoms with Gasteiger partial charge in [-0.2, -0.15) is 5.10 Å². The van der Waals surface area contributed by atoms with Crippen LogP contribution in [0, 0.1) is 20.8 Å². The first kappa shape index (κ1) is 15.4. The molecule has 0 aliphatic heterocycles. The Balaban J connectivity index is 1.93. The highest BCUT2D eigenvalue weighted by atomic mass is 32.1. The van der Waals surface area contributed by atoms with E-state index in [1.807, 2.05) is 30.7 Å². The Labute approximate surface area is 130 Å². The second kappa shape index (κ2) is 6.67. The number of nitrogens with one attached hydrogen (secondary N) is 1. The standard InChI is InChI=1S/C15H21N5S/c1-10-5-6-13(14(16)21)15(18-10)17-7-4-8-20-12(3)9-11(2)19-20/h5-6,9H,4,7-8H2,1-3H3,(H2,16,21)(H,17,18). The molecule has 0 unspecified atom stereocenters. The maximum absolute atomic E-state index is 5.72. The summed E-state index contributed by atoms with van der Waals surface area (Å²) in [6.45, 7) is 7.70. The quantitative estimate of drug-likeness (QED) is 0.633. The molecule has 0 amide bonds. The van der Waals surface area contributed by atoms with Crippen molar-refractivity contribution in [1.82, 2.24) is 14.8 Å². The molecule has 0 bridgehead atoms. The number of aromatic nitrogens is 3. The molecule has 0 fully saturated rings. The summed E-state index contributed by atoms with van der Waals surface area (Å²) in [5.74, 6) is 0.760. The zero-order valence-corrected chi connectivity index (χ0v) is 13.5. The SMILES string of the molecule is Cc1ccc(C(N)=S)c(NCCCn2nc(C)cc2C)n1. The number of aryl methyl sites for hydroxylation is 4. The van der Waals surface area contributed by atoms with Gasteiger partial charge < -0.3 is 11.1 Å². The number of anilines is 1. The second-order valence-electron chi connectivity index (χ2n) is 5.14. The van der Waals surface area contributed by atoms with E-state index in [9.17, 15) is 0 Å². The van der Waals surface area contributed by atoms with Gasteiger partial charge >= 0.3 is 0 Å². The van der Waals surface area contributed by atoms with Crippen LogP contribution < -0.4 is 11.1 Å². The van der Waals surface area contributed by atoms with Gasteiger partial charge in [-0.1, -0.05) is 12.2 Å². The minimum atomic E-state index is 0.364. The van der Waals surface area contributed by atoms with Crippen molar-refractivity contribution in [3.8, 4) is 0 Å². The summed E-state index contributed by atoms with van der Waals surface area (Å²) in [4.78, 5) is 4.82. The van der Waals surface area contributed by atoms with Crippen molar-refractivity contribution in [3.05, 3.63) is 40.8 Å². The number of pyridine rings is 1. The van der Waals surface area contributed by atoms with E-state index in [1.54, 1.807) is 0 Å². The second-order valence-corrected chi connectivity index (χ2v) is 5.58. The molecular formula is C15H21N5S. The summed E-state index contributed by atoms with van der Waals surface area (Å²) in [6, 6.07) is 5.91. The molecule has 2 aromatic rings. The van der Waals surface area contributed by atoms with Crippen LogP contribution in [0.5, 0.6) is 0 Å². The van der Waals surface area contributed by atoms with E-state index >= 15 is 0 Å². The van der Waals surface area contributed by atoms with Gasteiger partial charge in [0.1, 0.15) is 10.8 Å². The maximum Gasteiger partial charge on any atom is 0.136 e. The van der Waals surface area contributed by atoms with Crippen molar-refractivity contribution < 1.29 is 0 Å². The third kappa shape index (κ3) is 4.01. The van der Waals surface area contributed by atoms with Gasteiger partial charge in [-0.05, 0) is 45.4 Å². The van der Waals surface area contributed by atoms with Gasteiger partial charge in [-0.15, -0.1) is 0 Å². The highest BCUT2D eigenvalue weighted by Crippen LogP contribution is 2.13. The normalized spacial score (nSPS) is 10.6. The van der Waals surface area contributed by atoms with Crippen LogP contribution in [0.2, 0.25) is 0 Å². The van der Waals surface area contributed by atoms with Gasteiger partial charge in [-0.3, -0.25) is 4.68 Å². The third-order valence-electron chi connectivity index (χ3n) is 3.24. The lowest BCUT2D eigenvalue weighted by molar-refractivity contribution is 0.573. The molecule has 3 N–H and O–H groups in total. The molecule has 5 nitrogen and oxygen atoms in total. The van der Waals surface area contributed by atoms with Crippen molar-refractivity contribution in [2.24, 2.45) is 5.73 Å². The summed E-state index contributed by atoms with van der Waals surface area (Å²) >= 11 is 5.05. The molecule has 0 radical (unpaired) electrons. The maximum atomic E-state index is 5.72. The topological polar surface area (TPSA) is 68.8 Å². The largest absolute Gasteiger partial charge is 0.389 e. The molecule has 0 atom stereocenters. The van der Waals surface area contributed by atoms with Crippen molar-refractivity contribution in [1.29, 1.82) is 0 Å².